The number of rotatable bonds is 4. The summed E-state index contributed by atoms with van der Waals surface area (Å²) in [6, 6.07) is 2.16. The highest BCUT2D eigenvalue weighted by atomic mass is 79.9. The zero-order chi connectivity index (χ0) is 13.9. The maximum absolute atomic E-state index is 6.44. The minimum absolute atomic E-state index is 0.0356. The molecule has 0 saturated carbocycles. The molecule has 1 aromatic heterocycles. The van der Waals surface area contributed by atoms with Crippen LogP contribution in [0.1, 0.15) is 19.4 Å². The fourth-order valence-electron chi connectivity index (χ4n) is 2.45. The summed E-state index contributed by atoms with van der Waals surface area (Å²) >= 11 is 3.45. The molecule has 1 aliphatic rings. The topological polar surface area (TPSA) is 51.4 Å². The van der Waals surface area contributed by atoms with Crippen molar-refractivity contribution in [2.75, 3.05) is 26.3 Å². The van der Waals surface area contributed by atoms with Gasteiger partial charge in [-0.3, -0.25) is 9.88 Å². The van der Waals surface area contributed by atoms with E-state index < -0.39 is 0 Å². The fraction of sp³-hybridized carbons (Fsp3) is 0.643. The molecular formula is C14H22BrN3O. The van der Waals surface area contributed by atoms with Gasteiger partial charge in [0.05, 0.1) is 13.2 Å². The van der Waals surface area contributed by atoms with Gasteiger partial charge in [-0.05, 0) is 47.8 Å². The molecular weight excluding hydrogens is 306 g/mol. The molecule has 0 aliphatic carbocycles. The van der Waals surface area contributed by atoms with Crippen molar-refractivity contribution < 1.29 is 4.74 Å². The Morgan fingerprint density at radius 3 is 2.74 bits per heavy atom. The van der Waals surface area contributed by atoms with Gasteiger partial charge in [0, 0.05) is 41.5 Å². The van der Waals surface area contributed by atoms with E-state index in [-0.39, 0.29) is 11.6 Å². The minimum Gasteiger partial charge on any atom is -0.379 e. The zero-order valence-electron chi connectivity index (χ0n) is 11.6. The van der Waals surface area contributed by atoms with Gasteiger partial charge < -0.3 is 10.5 Å². The number of ether oxygens (including phenoxy) is 1. The summed E-state index contributed by atoms with van der Waals surface area (Å²) in [5, 5.41) is 0. The molecule has 1 atom stereocenters. The summed E-state index contributed by atoms with van der Waals surface area (Å²) in [5.41, 5.74) is 7.57. The number of pyridine rings is 1. The van der Waals surface area contributed by atoms with Gasteiger partial charge in [0.1, 0.15) is 0 Å². The van der Waals surface area contributed by atoms with Crippen LogP contribution in [-0.2, 0) is 11.2 Å². The third-order valence-corrected chi connectivity index (χ3v) is 4.38. The van der Waals surface area contributed by atoms with Crippen LogP contribution in [-0.4, -0.2) is 47.8 Å². The molecule has 1 aromatic rings. The van der Waals surface area contributed by atoms with Gasteiger partial charge in [-0.25, -0.2) is 0 Å². The average molecular weight is 328 g/mol. The molecule has 2 rings (SSSR count). The normalized spacial score (nSPS) is 19.4. The Labute approximate surface area is 123 Å². The lowest BCUT2D eigenvalue weighted by molar-refractivity contribution is -0.0186. The number of halogens is 1. The van der Waals surface area contributed by atoms with Crippen LogP contribution in [0.15, 0.2) is 22.9 Å². The lowest BCUT2D eigenvalue weighted by Crippen LogP contribution is -2.59. The van der Waals surface area contributed by atoms with Crippen molar-refractivity contribution in [2.45, 2.75) is 31.8 Å². The van der Waals surface area contributed by atoms with Gasteiger partial charge in [0.15, 0.2) is 0 Å². The maximum atomic E-state index is 6.44. The van der Waals surface area contributed by atoms with Crippen LogP contribution >= 0.6 is 15.9 Å². The Morgan fingerprint density at radius 1 is 1.42 bits per heavy atom. The van der Waals surface area contributed by atoms with Crippen molar-refractivity contribution in [2.24, 2.45) is 5.73 Å². The highest BCUT2D eigenvalue weighted by Crippen LogP contribution is 2.22. The molecule has 0 spiro atoms. The van der Waals surface area contributed by atoms with Crippen LogP contribution in [0.4, 0.5) is 0 Å². The minimum atomic E-state index is -0.0356. The van der Waals surface area contributed by atoms with Crippen LogP contribution in [0, 0.1) is 0 Å². The van der Waals surface area contributed by atoms with E-state index in [4.69, 9.17) is 10.5 Å². The monoisotopic (exact) mass is 327 g/mol. The molecule has 1 aliphatic heterocycles. The van der Waals surface area contributed by atoms with Crippen molar-refractivity contribution in [3.05, 3.63) is 28.5 Å². The molecule has 19 heavy (non-hydrogen) atoms. The lowest BCUT2D eigenvalue weighted by Gasteiger charge is -2.44. The SMILES string of the molecule is CC(C)(C(N)Cc1cncc(Br)c1)N1CCOCC1. The molecule has 1 fully saturated rings. The van der Waals surface area contributed by atoms with Crippen LogP contribution in [0.5, 0.6) is 0 Å². The molecule has 4 nitrogen and oxygen atoms in total. The summed E-state index contributed by atoms with van der Waals surface area (Å²) in [6.45, 7) is 7.95. The standard InChI is InChI=1S/C14H22BrN3O/c1-14(2,18-3-5-19-6-4-18)13(16)8-11-7-12(15)10-17-9-11/h7,9-10,13H,3-6,8,16H2,1-2H3. The first-order valence-corrected chi connectivity index (χ1v) is 7.47. The predicted octanol–water partition coefficient (Wildman–Crippen LogP) is 1.82. The third-order valence-electron chi connectivity index (χ3n) is 3.95. The molecule has 5 heteroatoms. The number of hydrogen-bond acceptors (Lipinski definition) is 4. The molecule has 0 amide bonds. The molecule has 0 bridgehead atoms. The Kier molecular flexibility index (Phi) is 4.95. The highest BCUT2D eigenvalue weighted by molar-refractivity contribution is 9.10. The Morgan fingerprint density at radius 2 is 2.11 bits per heavy atom. The van der Waals surface area contributed by atoms with Gasteiger partial charge in [-0.15, -0.1) is 0 Å². The van der Waals surface area contributed by atoms with Gasteiger partial charge in [0.2, 0.25) is 0 Å². The number of nitrogens with zero attached hydrogens (tertiary/aromatic N) is 2. The molecule has 0 aromatic carbocycles. The van der Waals surface area contributed by atoms with E-state index in [1.54, 1.807) is 6.20 Å². The van der Waals surface area contributed by atoms with Gasteiger partial charge in [-0.1, -0.05) is 0 Å². The summed E-state index contributed by atoms with van der Waals surface area (Å²) in [7, 11) is 0. The van der Waals surface area contributed by atoms with Crippen LogP contribution in [0.25, 0.3) is 0 Å². The molecule has 2 heterocycles. The predicted molar refractivity (Wildman–Crippen MR) is 80.1 cm³/mol. The van der Waals surface area contributed by atoms with Crippen molar-refractivity contribution in [1.82, 2.24) is 9.88 Å². The van der Waals surface area contributed by atoms with Crippen molar-refractivity contribution >= 4 is 15.9 Å². The Balaban J connectivity index is 2.03. The smallest absolute Gasteiger partial charge is 0.0594 e. The van der Waals surface area contributed by atoms with E-state index in [0.29, 0.717) is 0 Å². The number of aromatic nitrogens is 1. The highest BCUT2D eigenvalue weighted by Gasteiger charge is 2.34. The fourth-order valence-corrected chi connectivity index (χ4v) is 2.86. The molecule has 2 N–H and O–H groups in total. The van der Waals surface area contributed by atoms with Gasteiger partial charge >= 0.3 is 0 Å². The second-order valence-corrected chi connectivity index (χ2v) is 6.49. The third kappa shape index (κ3) is 3.75. The molecule has 106 valence electrons. The number of hydrogen-bond donors (Lipinski definition) is 1. The van der Waals surface area contributed by atoms with E-state index in [1.807, 2.05) is 6.20 Å². The van der Waals surface area contributed by atoms with Gasteiger partial charge in [0.25, 0.3) is 0 Å². The van der Waals surface area contributed by atoms with Crippen LogP contribution in [0.3, 0.4) is 0 Å². The quantitative estimate of drug-likeness (QED) is 0.916. The molecule has 0 radical (unpaired) electrons. The van der Waals surface area contributed by atoms with E-state index >= 15 is 0 Å². The molecule has 1 unspecified atom stereocenters. The molecule has 1 saturated heterocycles. The summed E-state index contributed by atoms with van der Waals surface area (Å²) in [4.78, 5) is 6.62. The lowest BCUT2D eigenvalue weighted by atomic mass is 9.88. The summed E-state index contributed by atoms with van der Waals surface area (Å²) in [6.07, 6.45) is 4.51. The zero-order valence-corrected chi connectivity index (χ0v) is 13.2. The largest absolute Gasteiger partial charge is 0.379 e. The van der Waals surface area contributed by atoms with Crippen molar-refractivity contribution in [1.29, 1.82) is 0 Å². The van der Waals surface area contributed by atoms with Crippen LogP contribution < -0.4 is 5.73 Å². The van der Waals surface area contributed by atoms with Gasteiger partial charge in [-0.2, -0.15) is 0 Å². The first-order valence-electron chi connectivity index (χ1n) is 6.68. The first-order chi connectivity index (χ1) is 9.00. The average Bonchev–Trinajstić information content (AvgIpc) is 2.39. The van der Waals surface area contributed by atoms with Crippen molar-refractivity contribution in [3.8, 4) is 0 Å². The number of morpholine rings is 1. The van der Waals surface area contributed by atoms with E-state index in [2.05, 4.69) is 45.7 Å². The van der Waals surface area contributed by atoms with Crippen LogP contribution in [0.2, 0.25) is 0 Å². The number of nitrogens with two attached hydrogens (primary N) is 1. The summed E-state index contributed by atoms with van der Waals surface area (Å²) in [5.74, 6) is 0. The first kappa shape index (κ1) is 14.9. The Bertz CT molecular complexity index is 419. The second kappa shape index (κ2) is 6.31. The summed E-state index contributed by atoms with van der Waals surface area (Å²) < 4.78 is 6.41. The van der Waals surface area contributed by atoms with E-state index in [1.165, 1.54) is 5.56 Å². The van der Waals surface area contributed by atoms with E-state index in [0.717, 1.165) is 37.2 Å². The van der Waals surface area contributed by atoms with Crippen molar-refractivity contribution in [3.63, 3.8) is 0 Å². The maximum Gasteiger partial charge on any atom is 0.0594 e. The second-order valence-electron chi connectivity index (χ2n) is 5.58. The van der Waals surface area contributed by atoms with E-state index in [9.17, 15) is 0 Å². The Hall–Kier alpha value is -0.490.